The number of ether oxygens (including phenoxy) is 1. The van der Waals surface area contributed by atoms with Gasteiger partial charge in [-0.25, -0.2) is 9.59 Å². The first kappa shape index (κ1) is 17.8. The minimum atomic E-state index is -0.992. The molecule has 0 bridgehead atoms. The molecule has 1 aliphatic rings. The Morgan fingerprint density at radius 3 is 2.43 bits per heavy atom. The molecular weight excluding hydrogens is 272 g/mol. The van der Waals surface area contributed by atoms with Crippen LogP contribution in [0.3, 0.4) is 0 Å². The lowest BCUT2D eigenvalue weighted by Gasteiger charge is -2.28. The number of urea groups is 1. The Morgan fingerprint density at radius 1 is 1.29 bits per heavy atom. The summed E-state index contributed by atoms with van der Waals surface area (Å²) < 4.78 is 4.92. The van der Waals surface area contributed by atoms with E-state index in [1.165, 1.54) is 12.8 Å². The van der Waals surface area contributed by atoms with E-state index < -0.39 is 12.0 Å². The third kappa shape index (κ3) is 6.33. The second-order valence-electron chi connectivity index (χ2n) is 5.73. The van der Waals surface area contributed by atoms with Gasteiger partial charge in [-0.2, -0.15) is 0 Å². The van der Waals surface area contributed by atoms with Gasteiger partial charge in [0.1, 0.15) is 6.04 Å². The fourth-order valence-electron chi connectivity index (χ4n) is 2.75. The number of amides is 2. The summed E-state index contributed by atoms with van der Waals surface area (Å²) in [7, 11) is 3.34. The summed E-state index contributed by atoms with van der Waals surface area (Å²) in [6.45, 7) is 0.498. The Hall–Kier alpha value is -1.30. The zero-order chi connectivity index (χ0) is 15.7. The van der Waals surface area contributed by atoms with Crippen LogP contribution in [0, 0.1) is 0 Å². The first-order chi connectivity index (χ1) is 10.1. The van der Waals surface area contributed by atoms with Crippen LogP contribution in [-0.2, 0) is 9.53 Å². The summed E-state index contributed by atoms with van der Waals surface area (Å²) in [6, 6.07) is -0.909. The first-order valence-corrected chi connectivity index (χ1v) is 7.81. The van der Waals surface area contributed by atoms with Gasteiger partial charge in [0.25, 0.3) is 0 Å². The van der Waals surface area contributed by atoms with Crippen LogP contribution in [0.2, 0.25) is 0 Å². The maximum Gasteiger partial charge on any atom is 0.326 e. The van der Waals surface area contributed by atoms with E-state index in [0.717, 1.165) is 25.7 Å². The topological polar surface area (TPSA) is 78.9 Å². The number of methoxy groups -OCH3 is 1. The van der Waals surface area contributed by atoms with E-state index >= 15 is 0 Å². The molecule has 0 heterocycles. The average Bonchev–Trinajstić information content (AvgIpc) is 2.74. The maximum atomic E-state index is 12.2. The number of carbonyl (C=O) groups excluding carboxylic acids is 1. The summed E-state index contributed by atoms with van der Waals surface area (Å²) in [5.41, 5.74) is 0. The molecule has 122 valence electrons. The summed E-state index contributed by atoms with van der Waals surface area (Å²) in [6.07, 6.45) is 7.73. The van der Waals surface area contributed by atoms with Gasteiger partial charge in [-0.3, -0.25) is 0 Å². The molecule has 2 amide bonds. The molecule has 6 nitrogen and oxygen atoms in total. The number of hydrogen-bond donors (Lipinski definition) is 2. The van der Waals surface area contributed by atoms with Gasteiger partial charge in [-0.1, -0.05) is 25.7 Å². The van der Waals surface area contributed by atoms with Crippen molar-refractivity contribution in [2.24, 2.45) is 0 Å². The Kier molecular flexibility index (Phi) is 8.12. The molecule has 0 aromatic rings. The number of nitrogens with one attached hydrogen (secondary N) is 1. The van der Waals surface area contributed by atoms with E-state index in [0.29, 0.717) is 19.4 Å². The van der Waals surface area contributed by atoms with Gasteiger partial charge in [0.2, 0.25) is 0 Å². The standard InChI is InChI=1S/C15H28N2O4/c1-17(12-8-5-3-4-6-9-12)15(20)16-13(14(18)19)10-7-11-21-2/h12-13H,3-11H2,1-2H3,(H,16,20)(H,18,19). The number of carboxylic acid groups (broad SMARTS) is 1. The van der Waals surface area contributed by atoms with Crippen LogP contribution >= 0.6 is 0 Å². The largest absolute Gasteiger partial charge is 0.480 e. The van der Waals surface area contributed by atoms with E-state index in [1.807, 2.05) is 0 Å². The van der Waals surface area contributed by atoms with E-state index in [1.54, 1.807) is 19.1 Å². The molecule has 1 saturated carbocycles. The van der Waals surface area contributed by atoms with Gasteiger partial charge in [0.15, 0.2) is 0 Å². The van der Waals surface area contributed by atoms with Crippen molar-refractivity contribution < 1.29 is 19.4 Å². The number of rotatable bonds is 7. The molecule has 1 fully saturated rings. The van der Waals surface area contributed by atoms with Crippen LogP contribution in [0.15, 0.2) is 0 Å². The number of carboxylic acids is 1. The highest BCUT2D eigenvalue weighted by atomic mass is 16.5. The molecule has 0 spiro atoms. The van der Waals surface area contributed by atoms with Crippen LogP contribution in [0.1, 0.15) is 51.4 Å². The van der Waals surface area contributed by atoms with Crippen molar-refractivity contribution in [3.63, 3.8) is 0 Å². The number of aliphatic carboxylic acids is 1. The highest BCUT2D eigenvalue weighted by molar-refractivity contribution is 5.82. The lowest BCUT2D eigenvalue weighted by atomic mass is 10.1. The minimum absolute atomic E-state index is 0.223. The second kappa shape index (κ2) is 9.60. The predicted molar refractivity (Wildman–Crippen MR) is 80.3 cm³/mol. The van der Waals surface area contributed by atoms with Gasteiger partial charge in [0.05, 0.1) is 0 Å². The molecule has 0 aromatic heterocycles. The van der Waals surface area contributed by atoms with Crippen LogP contribution in [-0.4, -0.2) is 54.9 Å². The van der Waals surface area contributed by atoms with Gasteiger partial charge in [0, 0.05) is 26.8 Å². The zero-order valence-corrected chi connectivity index (χ0v) is 13.1. The predicted octanol–water partition coefficient (Wildman–Crippen LogP) is 2.23. The fourth-order valence-corrected chi connectivity index (χ4v) is 2.75. The maximum absolute atomic E-state index is 12.2. The van der Waals surface area contributed by atoms with Gasteiger partial charge >= 0.3 is 12.0 Å². The van der Waals surface area contributed by atoms with Crippen molar-refractivity contribution in [1.29, 1.82) is 0 Å². The highest BCUT2D eigenvalue weighted by Crippen LogP contribution is 2.21. The number of hydrogen-bond acceptors (Lipinski definition) is 3. The van der Waals surface area contributed by atoms with Gasteiger partial charge in [-0.05, 0) is 25.7 Å². The van der Waals surface area contributed by atoms with Crippen molar-refractivity contribution in [3.8, 4) is 0 Å². The van der Waals surface area contributed by atoms with Crippen molar-refractivity contribution >= 4 is 12.0 Å². The second-order valence-corrected chi connectivity index (χ2v) is 5.73. The Balaban J connectivity index is 2.48. The molecule has 21 heavy (non-hydrogen) atoms. The number of carbonyl (C=O) groups is 2. The van der Waals surface area contributed by atoms with Gasteiger partial charge < -0.3 is 20.1 Å². The third-order valence-electron chi connectivity index (χ3n) is 4.13. The van der Waals surface area contributed by atoms with Crippen LogP contribution in [0.25, 0.3) is 0 Å². The van der Waals surface area contributed by atoms with Crippen molar-refractivity contribution in [3.05, 3.63) is 0 Å². The molecule has 0 aliphatic heterocycles. The van der Waals surface area contributed by atoms with Crippen molar-refractivity contribution in [1.82, 2.24) is 10.2 Å². The molecule has 1 aliphatic carbocycles. The molecule has 6 heteroatoms. The summed E-state index contributed by atoms with van der Waals surface area (Å²) >= 11 is 0. The van der Waals surface area contributed by atoms with Crippen molar-refractivity contribution in [2.45, 2.75) is 63.5 Å². The van der Waals surface area contributed by atoms with E-state index in [9.17, 15) is 14.7 Å². The smallest absolute Gasteiger partial charge is 0.326 e. The summed E-state index contributed by atoms with van der Waals surface area (Å²) in [4.78, 5) is 25.1. The van der Waals surface area contributed by atoms with Crippen LogP contribution in [0.5, 0.6) is 0 Å². The molecule has 0 radical (unpaired) electrons. The van der Waals surface area contributed by atoms with E-state index in [-0.39, 0.29) is 12.1 Å². The molecule has 1 atom stereocenters. The quantitative estimate of drug-likeness (QED) is 0.558. The fraction of sp³-hybridized carbons (Fsp3) is 0.867. The van der Waals surface area contributed by atoms with Crippen molar-refractivity contribution in [2.75, 3.05) is 20.8 Å². The lowest BCUT2D eigenvalue weighted by Crippen LogP contribution is -2.49. The molecule has 0 saturated heterocycles. The molecule has 0 aromatic carbocycles. The average molecular weight is 300 g/mol. The lowest BCUT2D eigenvalue weighted by molar-refractivity contribution is -0.139. The first-order valence-electron chi connectivity index (χ1n) is 7.81. The molecule has 2 N–H and O–H groups in total. The monoisotopic (exact) mass is 300 g/mol. The Morgan fingerprint density at radius 2 is 1.90 bits per heavy atom. The SMILES string of the molecule is COCCCC(NC(=O)N(C)C1CCCCCC1)C(=O)O. The molecule has 1 rings (SSSR count). The molecular formula is C15H28N2O4. The third-order valence-corrected chi connectivity index (χ3v) is 4.13. The number of nitrogens with zero attached hydrogens (tertiary/aromatic N) is 1. The minimum Gasteiger partial charge on any atom is -0.480 e. The summed E-state index contributed by atoms with van der Waals surface area (Å²) in [5.74, 6) is -0.992. The zero-order valence-electron chi connectivity index (χ0n) is 13.1. The van der Waals surface area contributed by atoms with Gasteiger partial charge in [-0.15, -0.1) is 0 Å². The Labute approximate surface area is 126 Å². The van der Waals surface area contributed by atoms with Crippen LogP contribution in [0.4, 0.5) is 4.79 Å². The highest BCUT2D eigenvalue weighted by Gasteiger charge is 2.25. The summed E-state index contributed by atoms with van der Waals surface area (Å²) in [5, 5.41) is 11.8. The Bertz CT molecular complexity index is 328. The van der Waals surface area contributed by atoms with Crippen LogP contribution < -0.4 is 5.32 Å². The molecule has 1 unspecified atom stereocenters. The van der Waals surface area contributed by atoms with E-state index in [4.69, 9.17) is 4.74 Å². The normalized spacial score (nSPS) is 17.8. The van der Waals surface area contributed by atoms with E-state index in [2.05, 4.69) is 5.32 Å².